The van der Waals surface area contributed by atoms with E-state index >= 15 is 0 Å². The van der Waals surface area contributed by atoms with Crippen molar-refractivity contribution in [3.8, 4) is 0 Å². The first-order valence-electron chi connectivity index (χ1n) is 3.45. The molecule has 0 amide bonds. The Morgan fingerprint density at radius 1 is 1.30 bits per heavy atom. The molecule has 1 aromatic rings. The molecule has 3 heteroatoms. The van der Waals surface area contributed by atoms with Crippen LogP contribution in [0.3, 0.4) is 0 Å². The van der Waals surface area contributed by atoms with Gasteiger partial charge in [-0.1, -0.05) is 29.8 Å². The molecule has 0 radical (unpaired) electrons. The van der Waals surface area contributed by atoms with Crippen molar-refractivity contribution in [3.05, 3.63) is 29.8 Å². The monoisotopic (exact) mass is 168 g/mol. The molecule has 1 nitrogen and oxygen atoms in total. The van der Waals surface area contributed by atoms with Crippen molar-refractivity contribution in [2.75, 3.05) is 0 Å². The molecule has 1 rings (SSSR count). The highest BCUT2D eigenvalue weighted by atomic mass is 29.2. The van der Waals surface area contributed by atoms with Crippen LogP contribution in [-0.2, 0) is 0 Å². The predicted octanol–water partition coefficient (Wildman–Crippen LogP) is -1.22. The molecule has 0 fully saturated rings. The third kappa shape index (κ3) is 1.80. The first kappa shape index (κ1) is 7.72. The maximum Gasteiger partial charge on any atom is 0.179 e. The lowest BCUT2D eigenvalue weighted by molar-refractivity contribution is 0.607. The minimum Gasteiger partial charge on any atom is -0.434 e. The minimum absolute atomic E-state index is 0.949. The molecule has 0 aliphatic heterocycles. The second kappa shape index (κ2) is 3.14. The van der Waals surface area contributed by atoms with Gasteiger partial charge < -0.3 is 4.80 Å². The van der Waals surface area contributed by atoms with Crippen molar-refractivity contribution in [1.82, 2.24) is 0 Å². The molecule has 0 aromatic heterocycles. The molecule has 10 heavy (non-hydrogen) atoms. The zero-order valence-corrected chi connectivity index (χ0v) is 9.49. The summed E-state index contributed by atoms with van der Waals surface area (Å²) in [6.45, 7) is 2.06. The van der Waals surface area contributed by atoms with E-state index in [-0.39, 0.29) is 0 Å². The summed E-state index contributed by atoms with van der Waals surface area (Å²) in [6, 6.07) is 8.20. The third-order valence-electron chi connectivity index (χ3n) is 1.56. The predicted molar refractivity (Wildman–Crippen MR) is 50.1 cm³/mol. The fourth-order valence-corrected chi connectivity index (χ4v) is 2.75. The number of aryl methyl sites for hydroxylation is 1. The van der Waals surface area contributed by atoms with Gasteiger partial charge in [0.15, 0.2) is 8.56 Å². The summed E-state index contributed by atoms with van der Waals surface area (Å²) >= 11 is 0. The summed E-state index contributed by atoms with van der Waals surface area (Å²) in [7, 11) is -0.462. The van der Waals surface area contributed by atoms with Gasteiger partial charge in [0.25, 0.3) is 0 Å². The van der Waals surface area contributed by atoms with Crippen molar-refractivity contribution in [1.29, 1.82) is 0 Å². The van der Waals surface area contributed by atoms with Crippen LogP contribution in [0.15, 0.2) is 24.3 Å². The van der Waals surface area contributed by atoms with Gasteiger partial charge in [0.2, 0.25) is 0 Å². The van der Waals surface area contributed by atoms with Crippen LogP contribution in [0.1, 0.15) is 5.56 Å². The second-order valence-corrected chi connectivity index (χ2v) is 7.89. The quantitative estimate of drug-likeness (QED) is 0.521. The Morgan fingerprint density at radius 2 is 1.80 bits per heavy atom. The van der Waals surface area contributed by atoms with Gasteiger partial charge >= 0.3 is 0 Å². The van der Waals surface area contributed by atoms with Gasteiger partial charge in [-0.25, -0.2) is 0 Å². The van der Waals surface area contributed by atoms with Crippen LogP contribution in [0, 0.1) is 6.92 Å². The number of hydrogen-bond acceptors (Lipinski definition) is 1. The average molecular weight is 168 g/mol. The molecule has 1 aromatic carbocycles. The molecule has 1 atom stereocenters. The Hall–Kier alpha value is -0.386. The topological polar surface area (TPSA) is 20.2 Å². The second-order valence-electron chi connectivity index (χ2n) is 2.59. The lowest BCUT2D eigenvalue weighted by Crippen LogP contribution is -2.30. The molecule has 0 aliphatic carbocycles. The van der Waals surface area contributed by atoms with E-state index in [0.29, 0.717) is 0 Å². The SMILES string of the molecule is Cc1ccc([SiH](O)[SiH3])cc1. The Balaban J connectivity index is 2.89. The fraction of sp³-hybridized carbons (Fsp3) is 0.143. The maximum atomic E-state index is 9.32. The lowest BCUT2D eigenvalue weighted by Gasteiger charge is -2.01. The summed E-state index contributed by atoms with van der Waals surface area (Å²) in [5.74, 6) is 0. The molecule has 1 unspecified atom stereocenters. The smallest absolute Gasteiger partial charge is 0.179 e. The summed E-state index contributed by atoms with van der Waals surface area (Å²) < 4.78 is 0. The summed E-state index contributed by atoms with van der Waals surface area (Å²) in [5.41, 5.74) is 1.26. The van der Waals surface area contributed by atoms with Crippen molar-refractivity contribution in [2.45, 2.75) is 6.92 Å². The van der Waals surface area contributed by atoms with E-state index in [1.54, 1.807) is 0 Å². The Kier molecular flexibility index (Phi) is 2.42. The van der Waals surface area contributed by atoms with E-state index in [1.807, 2.05) is 12.1 Å². The van der Waals surface area contributed by atoms with E-state index in [9.17, 15) is 4.80 Å². The Morgan fingerprint density at radius 3 is 2.20 bits per heavy atom. The number of rotatable bonds is 1. The zero-order chi connectivity index (χ0) is 7.56. The Labute approximate surface area is 65.7 Å². The maximum absolute atomic E-state index is 9.32. The van der Waals surface area contributed by atoms with Gasteiger partial charge in [0, 0.05) is 9.76 Å². The first-order valence-corrected chi connectivity index (χ1v) is 9.16. The Bertz CT molecular complexity index is 205. The summed E-state index contributed by atoms with van der Waals surface area (Å²) in [6.07, 6.45) is 0. The van der Waals surface area contributed by atoms with Gasteiger partial charge in [-0.2, -0.15) is 0 Å². The van der Waals surface area contributed by atoms with Crippen LogP contribution in [0.25, 0.3) is 0 Å². The minimum atomic E-state index is -1.41. The largest absolute Gasteiger partial charge is 0.434 e. The van der Waals surface area contributed by atoms with Crippen LogP contribution in [-0.4, -0.2) is 23.1 Å². The van der Waals surface area contributed by atoms with E-state index in [1.165, 1.54) is 10.8 Å². The van der Waals surface area contributed by atoms with E-state index in [0.717, 1.165) is 9.76 Å². The van der Waals surface area contributed by atoms with Gasteiger partial charge in [0.1, 0.15) is 0 Å². The lowest BCUT2D eigenvalue weighted by atomic mass is 10.2. The fourth-order valence-electron chi connectivity index (χ4n) is 0.845. The molecule has 0 saturated carbocycles. The zero-order valence-electron chi connectivity index (χ0n) is 6.33. The molecule has 1 N–H and O–H groups in total. The van der Waals surface area contributed by atoms with Gasteiger partial charge in [0.05, 0.1) is 0 Å². The summed E-state index contributed by atoms with van der Waals surface area (Å²) in [5, 5.41) is 1.18. The van der Waals surface area contributed by atoms with E-state index < -0.39 is 8.56 Å². The molecular weight excluding hydrogens is 156 g/mol. The molecule has 0 heterocycles. The van der Waals surface area contributed by atoms with E-state index in [4.69, 9.17) is 0 Å². The highest BCUT2D eigenvalue weighted by Gasteiger charge is 1.99. The van der Waals surface area contributed by atoms with Gasteiger partial charge in [-0.15, -0.1) is 0 Å². The highest BCUT2D eigenvalue weighted by Crippen LogP contribution is 1.92. The normalized spacial score (nSPS) is 13.4. The number of benzene rings is 1. The molecule has 0 bridgehead atoms. The highest BCUT2D eigenvalue weighted by molar-refractivity contribution is 7.06. The van der Waals surface area contributed by atoms with Crippen LogP contribution in [0.5, 0.6) is 0 Å². The van der Waals surface area contributed by atoms with Crippen molar-refractivity contribution < 1.29 is 4.80 Å². The van der Waals surface area contributed by atoms with Crippen molar-refractivity contribution >= 4 is 23.5 Å². The van der Waals surface area contributed by atoms with Crippen LogP contribution in [0.4, 0.5) is 0 Å². The standard InChI is InChI=1S/C7H12OSi2/c1-6-2-4-7(5-3-6)10(8)9/h2-5,8,10H,1,9H3. The molecule has 0 saturated heterocycles. The van der Waals surface area contributed by atoms with Crippen LogP contribution < -0.4 is 5.19 Å². The average Bonchev–Trinajstić information content (AvgIpc) is 1.88. The number of hydrogen-bond donors (Lipinski definition) is 1. The molecule has 0 aliphatic rings. The van der Waals surface area contributed by atoms with Crippen LogP contribution >= 0.6 is 0 Å². The van der Waals surface area contributed by atoms with E-state index in [2.05, 4.69) is 19.1 Å². The van der Waals surface area contributed by atoms with Crippen molar-refractivity contribution in [2.24, 2.45) is 0 Å². The molecular formula is C7H12OSi2. The third-order valence-corrected chi connectivity index (χ3v) is 4.91. The molecule has 54 valence electrons. The van der Waals surface area contributed by atoms with Gasteiger partial charge in [-0.3, -0.25) is 0 Å². The summed E-state index contributed by atoms with van der Waals surface area (Å²) in [4.78, 5) is 9.32. The van der Waals surface area contributed by atoms with Crippen molar-refractivity contribution in [3.63, 3.8) is 0 Å². The molecule has 0 spiro atoms. The first-order chi connectivity index (χ1) is 4.70. The van der Waals surface area contributed by atoms with Gasteiger partial charge in [-0.05, 0) is 12.1 Å². The van der Waals surface area contributed by atoms with Crippen LogP contribution in [0.2, 0.25) is 0 Å².